The average Bonchev–Trinajstić information content (AvgIpc) is 3.02. The van der Waals surface area contributed by atoms with Gasteiger partial charge in [0.1, 0.15) is 0 Å². The van der Waals surface area contributed by atoms with E-state index in [9.17, 15) is 8.42 Å². The van der Waals surface area contributed by atoms with E-state index in [-0.39, 0.29) is 5.25 Å². The van der Waals surface area contributed by atoms with E-state index in [1.54, 1.807) is 0 Å². The van der Waals surface area contributed by atoms with Crippen LogP contribution < -0.4 is 4.72 Å². The highest BCUT2D eigenvalue weighted by Crippen LogP contribution is 2.27. The molecule has 88 valence electrons. The van der Waals surface area contributed by atoms with Gasteiger partial charge >= 0.3 is 0 Å². The molecule has 0 bridgehead atoms. The van der Waals surface area contributed by atoms with E-state index >= 15 is 0 Å². The monoisotopic (exact) mass is 233 g/mol. The predicted molar refractivity (Wildman–Crippen MR) is 58.1 cm³/mol. The summed E-state index contributed by atoms with van der Waals surface area (Å²) in [4.78, 5) is 0. The Labute approximate surface area is 91.4 Å². The van der Waals surface area contributed by atoms with Gasteiger partial charge in [-0.05, 0) is 38.0 Å². The van der Waals surface area contributed by atoms with E-state index < -0.39 is 10.0 Å². The molecule has 1 N–H and O–H groups in total. The third-order valence-electron chi connectivity index (χ3n) is 3.07. The van der Waals surface area contributed by atoms with Crippen LogP contribution >= 0.6 is 0 Å². The van der Waals surface area contributed by atoms with Crippen LogP contribution in [0.1, 0.15) is 32.1 Å². The first-order chi connectivity index (χ1) is 7.18. The Hall–Kier alpha value is -0.130. The lowest BCUT2D eigenvalue weighted by molar-refractivity contribution is 0.0523. The van der Waals surface area contributed by atoms with Crippen molar-refractivity contribution in [2.24, 2.45) is 5.92 Å². The van der Waals surface area contributed by atoms with Crippen molar-refractivity contribution in [2.75, 3.05) is 19.8 Å². The molecule has 1 atom stereocenters. The van der Waals surface area contributed by atoms with Crippen molar-refractivity contribution in [2.45, 2.75) is 37.4 Å². The molecule has 0 aromatic heterocycles. The van der Waals surface area contributed by atoms with Gasteiger partial charge < -0.3 is 4.74 Å². The van der Waals surface area contributed by atoms with Gasteiger partial charge in [-0.1, -0.05) is 0 Å². The lowest BCUT2D eigenvalue weighted by atomic mass is 9.99. The number of rotatable bonds is 5. The fraction of sp³-hybridized carbons (Fsp3) is 1.00. The van der Waals surface area contributed by atoms with Gasteiger partial charge in [-0.3, -0.25) is 0 Å². The van der Waals surface area contributed by atoms with E-state index in [2.05, 4.69) is 4.72 Å². The number of nitrogens with one attached hydrogen (secondary N) is 1. The maximum Gasteiger partial charge on any atom is 0.214 e. The van der Waals surface area contributed by atoms with Crippen LogP contribution in [0.4, 0.5) is 0 Å². The molecule has 1 heterocycles. The molecule has 15 heavy (non-hydrogen) atoms. The van der Waals surface area contributed by atoms with Crippen LogP contribution in [-0.4, -0.2) is 33.4 Å². The zero-order chi connectivity index (χ0) is 10.7. The van der Waals surface area contributed by atoms with Gasteiger partial charge in [0.25, 0.3) is 0 Å². The number of hydrogen-bond acceptors (Lipinski definition) is 3. The molecule has 1 saturated carbocycles. The standard InChI is InChI=1S/C10H19NO3S/c12-15(13,10-3-4-10)11-6-5-9-2-1-7-14-8-9/h9-11H,1-8H2. The summed E-state index contributed by atoms with van der Waals surface area (Å²) >= 11 is 0. The van der Waals surface area contributed by atoms with E-state index in [1.165, 1.54) is 6.42 Å². The second kappa shape index (κ2) is 4.80. The van der Waals surface area contributed by atoms with Gasteiger partial charge in [0.2, 0.25) is 10.0 Å². The van der Waals surface area contributed by atoms with Gasteiger partial charge in [-0.2, -0.15) is 0 Å². The molecular formula is C10H19NO3S. The summed E-state index contributed by atoms with van der Waals surface area (Å²) in [5.41, 5.74) is 0. The number of hydrogen-bond donors (Lipinski definition) is 1. The molecule has 0 amide bonds. The Morgan fingerprint density at radius 1 is 1.27 bits per heavy atom. The molecule has 0 aromatic carbocycles. The third-order valence-corrected chi connectivity index (χ3v) is 5.03. The molecule has 0 aromatic rings. The largest absolute Gasteiger partial charge is 0.381 e. The quantitative estimate of drug-likeness (QED) is 0.767. The molecular weight excluding hydrogens is 214 g/mol. The predicted octanol–water partition coefficient (Wildman–Crippen LogP) is 0.885. The van der Waals surface area contributed by atoms with Crippen molar-refractivity contribution in [1.29, 1.82) is 0 Å². The summed E-state index contributed by atoms with van der Waals surface area (Å²) < 4.78 is 31.0. The highest BCUT2D eigenvalue weighted by molar-refractivity contribution is 7.90. The van der Waals surface area contributed by atoms with E-state index in [0.717, 1.165) is 38.9 Å². The van der Waals surface area contributed by atoms with Crippen LogP contribution in [0.2, 0.25) is 0 Å². The van der Waals surface area contributed by atoms with Crippen molar-refractivity contribution in [3.8, 4) is 0 Å². The van der Waals surface area contributed by atoms with Crippen molar-refractivity contribution in [3.05, 3.63) is 0 Å². The van der Waals surface area contributed by atoms with Crippen LogP contribution in [-0.2, 0) is 14.8 Å². The highest BCUT2D eigenvalue weighted by atomic mass is 32.2. The fourth-order valence-corrected chi connectivity index (χ4v) is 3.33. The van der Waals surface area contributed by atoms with E-state index in [4.69, 9.17) is 4.74 Å². The van der Waals surface area contributed by atoms with Crippen LogP contribution in [0.5, 0.6) is 0 Å². The van der Waals surface area contributed by atoms with Crippen LogP contribution in [0.15, 0.2) is 0 Å². The Morgan fingerprint density at radius 2 is 2.07 bits per heavy atom. The lowest BCUT2D eigenvalue weighted by Crippen LogP contribution is -2.30. The third kappa shape index (κ3) is 3.43. The van der Waals surface area contributed by atoms with Gasteiger partial charge in [-0.15, -0.1) is 0 Å². The van der Waals surface area contributed by atoms with Crippen molar-refractivity contribution in [3.63, 3.8) is 0 Å². The number of sulfonamides is 1. The van der Waals surface area contributed by atoms with Crippen LogP contribution in [0.25, 0.3) is 0 Å². The minimum absolute atomic E-state index is 0.0971. The average molecular weight is 233 g/mol. The molecule has 1 aliphatic carbocycles. The van der Waals surface area contributed by atoms with Gasteiger partial charge in [0.15, 0.2) is 0 Å². The minimum atomic E-state index is -2.98. The van der Waals surface area contributed by atoms with E-state index in [0.29, 0.717) is 12.5 Å². The zero-order valence-corrected chi connectivity index (χ0v) is 9.76. The highest BCUT2D eigenvalue weighted by Gasteiger charge is 2.35. The number of ether oxygens (including phenoxy) is 1. The Bertz CT molecular complexity index is 292. The topological polar surface area (TPSA) is 55.4 Å². The van der Waals surface area contributed by atoms with Crippen LogP contribution in [0.3, 0.4) is 0 Å². The molecule has 0 spiro atoms. The van der Waals surface area contributed by atoms with Gasteiger partial charge in [0, 0.05) is 19.8 Å². The first-order valence-electron chi connectivity index (χ1n) is 5.75. The van der Waals surface area contributed by atoms with Crippen LogP contribution in [0, 0.1) is 5.92 Å². The smallest absolute Gasteiger partial charge is 0.214 e. The fourth-order valence-electron chi connectivity index (χ4n) is 1.94. The summed E-state index contributed by atoms with van der Waals surface area (Å²) in [6.07, 6.45) is 4.86. The first-order valence-corrected chi connectivity index (χ1v) is 7.29. The molecule has 0 radical (unpaired) electrons. The Kier molecular flexibility index (Phi) is 3.64. The molecule has 1 aliphatic heterocycles. The molecule has 5 heteroatoms. The lowest BCUT2D eigenvalue weighted by Gasteiger charge is -2.21. The first kappa shape index (κ1) is 11.4. The van der Waals surface area contributed by atoms with Crippen molar-refractivity contribution >= 4 is 10.0 Å². The Balaban J connectivity index is 1.65. The Morgan fingerprint density at radius 3 is 2.67 bits per heavy atom. The normalized spacial score (nSPS) is 27.9. The molecule has 2 rings (SSSR count). The summed E-state index contributed by atoms with van der Waals surface area (Å²) in [6.45, 7) is 2.24. The zero-order valence-electron chi connectivity index (χ0n) is 8.94. The summed E-state index contributed by atoms with van der Waals surface area (Å²) in [5, 5.41) is -0.0971. The molecule has 1 unspecified atom stereocenters. The maximum atomic E-state index is 11.5. The summed E-state index contributed by atoms with van der Waals surface area (Å²) in [7, 11) is -2.98. The van der Waals surface area contributed by atoms with Gasteiger partial charge in [0.05, 0.1) is 5.25 Å². The summed E-state index contributed by atoms with van der Waals surface area (Å²) in [6, 6.07) is 0. The maximum absolute atomic E-state index is 11.5. The second-order valence-corrected chi connectivity index (χ2v) is 6.56. The second-order valence-electron chi connectivity index (χ2n) is 4.51. The van der Waals surface area contributed by atoms with Crippen molar-refractivity contribution in [1.82, 2.24) is 4.72 Å². The molecule has 1 saturated heterocycles. The SMILES string of the molecule is O=S(=O)(NCCC1CCCOC1)C1CC1. The van der Waals surface area contributed by atoms with Gasteiger partial charge in [-0.25, -0.2) is 13.1 Å². The van der Waals surface area contributed by atoms with Crippen molar-refractivity contribution < 1.29 is 13.2 Å². The minimum Gasteiger partial charge on any atom is -0.381 e. The molecule has 2 aliphatic rings. The van der Waals surface area contributed by atoms with E-state index in [1.807, 2.05) is 0 Å². The molecule has 2 fully saturated rings. The summed E-state index contributed by atoms with van der Waals surface area (Å²) in [5.74, 6) is 0.542. The molecule has 4 nitrogen and oxygen atoms in total.